The van der Waals surface area contributed by atoms with E-state index < -0.39 is 0 Å². The highest BCUT2D eigenvalue weighted by Gasteiger charge is 2.32. The van der Waals surface area contributed by atoms with Crippen molar-refractivity contribution in [3.05, 3.63) is 47.7 Å². The summed E-state index contributed by atoms with van der Waals surface area (Å²) in [6.45, 7) is 7.62. The Bertz CT molecular complexity index is 745. The van der Waals surface area contributed by atoms with E-state index in [0.29, 0.717) is 19.0 Å². The molecule has 5 heteroatoms. The molecular formula is C21H30N4O. The minimum absolute atomic E-state index is 0.0122. The molecule has 1 aromatic carbocycles. The summed E-state index contributed by atoms with van der Waals surface area (Å²) in [7, 11) is 0. The fourth-order valence-corrected chi connectivity index (χ4v) is 3.64. The quantitative estimate of drug-likeness (QED) is 0.862. The number of anilines is 1. The third-order valence-electron chi connectivity index (χ3n) is 5.27. The summed E-state index contributed by atoms with van der Waals surface area (Å²) in [5, 5.41) is 7.91. The molecule has 3 rings (SSSR count). The van der Waals surface area contributed by atoms with Gasteiger partial charge >= 0.3 is 0 Å². The number of amides is 1. The lowest BCUT2D eigenvalue weighted by molar-refractivity contribution is -0.120. The number of carbonyl (C=O) groups is 1. The van der Waals surface area contributed by atoms with E-state index in [1.807, 2.05) is 28.9 Å². The zero-order valence-electron chi connectivity index (χ0n) is 16.0. The van der Waals surface area contributed by atoms with E-state index in [4.69, 9.17) is 10.8 Å². The predicted molar refractivity (Wildman–Crippen MR) is 105 cm³/mol. The van der Waals surface area contributed by atoms with Crippen molar-refractivity contribution in [2.75, 3.05) is 11.9 Å². The lowest BCUT2D eigenvalue weighted by atomic mass is 9.92. The van der Waals surface area contributed by atoms with E-state index in [2.05, 4.69) is 38.2 Å². The van der Waals surface area contributed by atoms with Gasteiger partial charge in [0, 0.05) is 17.4 Å². The fraction of sp³-hybridized carbons (Fsp3) is 0.524. The molecule has 0 spiro atoms. The molecule has 0 radical (unpaired) electrons. The second-order valence-corrected chi connectivity index (χ2v) is 8.33. The van der Waals surface area contributed by atoms with Gasteiger partial charge in [0.1, 0.15) is 5.82 Å². The summed E-state index contributed by atoms with van der Waals surface area (Å²) in [5.41, 5.74) is 7.91. The lowest BCUT2D eigenvalue weighted by Crippen LogP contribution is -2.30. The summed E-state index contributed by atoms with van der Waals surface area (Å²) < 4.78 is 1.90. The average molecular weight is 354 g/mol. The first-order valence-electron chi connectivity index (χ1n) is 9.51. The van der Waals surface area contributed by atoms with Gasteiger partial charge in [-0.3, -0.25) is 4.79 Å². The van der Waals surface area contributed by atoms with Crippen molar-refractivity contribution >= 4 is 11.7 Å². The van der Waals surface area contributed by atoms with Crippen LogP contribution in [0.1, 0.15) is 51.3 Å². The first-order chi connectivity index (χ1) is 12.4. The molecule has 2 aromatic rings. The van der Waals surface area contributed by atoms with Gasteiger partial charge in [-0.15, -0.1) is 0 Å². The molecule has 1 aliphatic rings. The zero-order chi connectivity index (χ0) is 18.7. The molecular weight excluding hydrogens is 324 g/mol. The minimum Gasteiger partial charge on any atom is -0.330 e. The molecule has 1 amide bonds. The van der Waals surface area contributed by atoms with Crippen LogP contribution in [0, 0.1) is 11.8 Å². The standard InChI is InChI=1S/C21H30N4O/c1-21(2,3)18-12-19(23-20(26)17-11-7-10-16(17)13-22)25(24-18)14-15-8-5-4-6-9-15/h4-6,8-9,12,16-17H,7,10-11,13-14,22H2,1-3H3,(H,23,26)/t16-,17-/m1/s1. The van der Waals surface area contributed by atoms with Gasteiger partial charge in [-0.25, -0.2) is 4.68 Å². The Hall–Kier alpha value is -2.14. The van der Waals surface area contributed by atoms with Crippen LogP contribution in [0.4, 0.5) is 5.82 Å². The van der Waals surface area contributed by atoms with Gasteiger partial charge in [0.05, 0.1) is 12.2 Å². The van der Waals surface area contributed by atoms with Gasteiger partial charge in [-0.1, -0.05) is 57.5 Å². The fourth-order valence-electron chi connectivity index (χ4n) is 3.64. The lowest BCUT2D eigenvalue weighted by Gasteiger charge is -2.17. The van der Waals surface area contributed by atoms with Crippen LogP contribution >= 0.6 is 0 Å². The highest BCUT2D eigenvalue weighted by Crippen LogP contribution is 2.32. The largest absolute Gasteiger partial charge is 0.330 e. The Kier molecular flexibility index (Phi) is 5.47. The van der Waals surface area contributed by atoms with Gasteiger partial charge < -0.3 is 11.1 Å². The molecule has 1 saturated carbocycles. The van der Waals surface area contributed by atoms with E-state index in [0.717, 1.165) is 36.3 Å². The molecule has 5 nitrogen and oxygen atoms in total. The van der Waals surface area contributed by atoms with Crippen molar-refractivity contribution in [2.24, 2.45) is 17.6 Å². The maximum absolute atomic E-state index is 12.8. The van der Waals surface area contributed by atoms with E-state index in [1.165, 1.54) is 0 Å². The molecule has 1 aromatic heterocycles. The molecule has 2 atom stereocenters. The number of nitrogens with one attached hydrogen (secondary N) is 1. The van der Waals surface area contributed by atoms with E-state index in [1.54, 1.807) is 0 Å². The van der Waals surface area contributed by atoms with Crippen molar-refractivity contribution < 1.29 is 4.79 Å². The number of hydrogen-bond donors (Lipinski definition) is 2. The van der Waals surface area contributed by atoms with Crippen LogP contribution in [0.25, 0.3) is 0 Å². The highest BCUT2D eigenvalue weighted by atomic mass is 16.2. The number of nitrogens with zero attached hydrogens (tertiary/aromatic N) is 2. The number of carbonyl (C=O) groups excluding carboxylic acids is 1. The Morgan fingerprint density at radius 3 is 2.65 bits per heavy atom. The summed E-state index contributed by atoms with van der Waals surface area (Å²) in [4.78, 5) is 12.8. The van der Waals surface area contributed by atoms with Gasteiger partial charge in [-0.2, -0.15) is 5.10 Å². The summed E-state index contributed by atoms with van der Waals surface area (Å²) in [6, 6.07) is 12.2. The van der Waals surface area contributed by atoms with Crippen molar-refractivity contribution in [1.29, 1.82) is 0 Å². The maximum atomic E-state index is 12.8. The molecule has 140 valence electrons. The van der Waals surface area contributed by atoms with Crippen LogP contribution in [0.5, 0.6) is 0 Å². The van der Waals surface area contributed by atoms with Crippen molar-refractivity contribution in [2.45, 2.75) is 52.0 Å². The monoisotopic (exact) mass is 354 g/mol. The maximum Gasteiger partial charge on any atom is 0.228 e. The van der Waals surface area contributed by atoms with Crippen LogP contribution in [0.15, 0.2) is 36.4 Å². The van der Waals surface area contributed by atoms with E-state index in [-0.39, 0.29) is 17.2 Å². The third-order valence-corrected chi connectivity index (χ3v) is 5.27. The number of aromatic nitrogens is 2. The molecule has 0 saturated heterocycles. The molecule has 3 N–H and O–H groups in total. The first-order valence-corrected chi connectivity index (χ1v) is 9.51. The van der Waals surface area contributed by atoms with Gasteiger partial charge in [-0.05, 0) is 30.9 Å². The van der Waals surface area contributed by atoms with Crippen LogP contribution in [-0.2, 0) is 16.8 Å². The number of hydrogen-bond acceptors (Lipinski definition) is 3. The smallest absolute Gasteiger partial charge is 0.228 e. The molecule has 1 aliphatic carbocycles. The molecule has 1 fully saturated rings. The van der Waals surface area contributed by atoms with Gasteiger partial charge in [0.2, 0.25) is 5.91 Å². The molecule has 26 heavy (non-hydrogen) atoms. The van der Waals surface area contributed by atoms with Crippen LogP contribution in [0.2, 0.25) is 0 Å². The Balaban J connectivity index is 1.84. The van der Waals surface area contributed by atoms with Crippen molar-refractivity contribution in [1.82, 2.24) is 9.78 Å². The number of nitrogens with two attached hydrogens (primary N) is 1. The highest BCUT2D eigenvalue weighted by molar-refractivity contribution is 5.92. The second kappa shape index (κ2) is 7.62. The average Bonchev–Trinajstić information content (AvgIpc) is 3.22. The van der Waals surface area contributed by atoms with Crippen LogP contribution in [0.3, 0.4) is 0 Å². The van der Waals surface area contributed by atoms with Crippen LogP contribution in [-0.4, -0.2) is 22.2 Å². The third kappa shape index (κ3) is 4.15. The predicted octanol–water partition coefficient (Wildman–Crippen LogP) is 3.54. The summed E-state index contributed by atoms with van der Waals surface area (Å²) in [5.74, 6) is 1.15. The normalized spacial score (nSPS) is 20.3. The number of rotatable bonds is 5. The Morgan fingerprint density at radius 1 is 1.27 bits per heavy atom. The molecule has 0 bridgehead atoms. The van der Waals surface area contributed by atoms with Crippen LogP contribution < -0.4 is 11.1 Å². The first kappa shape index (κ1) is 18.6. The summed E-state index contributed by atoms with van der Waals surface area (Å²) in [6.07, 6.45) is 3.05. The topological polar surface area (TPSA) is 72.9 Å². The molecule has 0 unspecified atom stereocenters. The zero-order valence-corrected chi connectivity index (χ0v) is 16.0. The molecule has 1 heterocycles. The van der Waals surface area contributed by atoms with Gasteiger partial charge in [0.25, 0.3) is 0 Å². The van der Waals surface area contributed by atoms with Crippen molar-refractivity contribution in [3.63, 3.8) is 0 Å². The molecule has 0 aliphatic heterocycles. The SMILES string of the molecule is CC(C)(C)c1cc(NC(=O)[C@@H]2CCC[C@@H]2CN)n(Cc2ccccc2)n1. The second-order valence-electron chi connectivity index (χ2n) is 8.33. The Labute approximate surface area is 156 Å². The Morgan fingerprint density at radius 2 is 2.00 bits per heavy atom. The van der Waals surface area contributed by atoms with Crippen molar-refractivity contribution in [3.8, 4) is 0 Å². The van der Waals surface area contributed by atoms with E-state index in [9.17, 15) is 4.79 Å². The van der Waals surface area contributed by atoms with E-state index >= 15 is 0 Å². The number of benzene rings is 1. The van der Waals surface area contributed by atoms with Gasteiger partial charge in [0.15, 0.2) is 0 Å². The minimum atomic E-state index is -0.0748. The summed E-state index contributed by atoms with van der Waals surface area (Å²) >= 11 is 0.